The molecule has 2 aliphatic rings. The fourth-order valence-electron chi connectivity index (χ4n) is 2.74. The molecule has 0 saturated carbocycles. The van der Waals surface area contributed by atoms with E-state index in [2.05, 4.69) is 11.4 Å². The number of hydrogen-bond acceptors (Lipinski definition) is 1. The number of rotatable bonds is 0. The van der Waals surface area contributed by atoms with E-state index in [0.29, 0.717) is 11.3 Å². The summed E-state index contributed by atoms with van der Waals surface area (Å²) in [7, 11) is 0. The van der Waals surface area contributed by atoms with Gasteiger partial charge in [-0.15, -0.1) is 13.1 Å². The van der Waals surface area contributed by atoms with Crippen LogP contribution >= 0.6 is 0 Å². The average molecular weight is 375 g/mol. The van der Waals surface area contributed by atoms with Crippen molar-refractivity contribution in [1.29, 1.82) is 0 Å². The molecule has 0 bridgehead atoms. The monoisotopic (exact) mass is 375 g/mol. The normalized spacial score (nSPS) is 19.3. The molecule has 1 spiro atoms. The van der Waals surface area contributed by atoms with Gasteiger partial charge >= 0.3 is 0 Å². The molecule has 3 rings (SSSR count). The van der Waals surface area contributed by atoms with Crippen molar-refractivity contribution in [2.75, 3.05) is 26.2 Å². The zero-order chi connectivity index (χ0) is 15.3. The predicted molar refractivity (Wildman–Crippen MR) is 86.1 cm³/mol. The maximum atomic E-state index is 12.0. The van der Waals surface area contributed by atoms with E-state index in [1.54, 1.807) is 0 Å². The summed E-state index contributed by atoms with van der Waals surface area (Å²) >= 11 is 0. The maximum absolute atomic E-state index is 12.0. The molecule has 22 heavy (non-hydrogen) atoms. The molecule has 2 heterocycles. The summed E-state index contributed by atoms with van der Waals surface area (Å²) in [6, 6.07) is 12.5. The summed E-state index contributed by atoms with van der Waals surface area (Å²) < 4.78 is 0. The number of piperidine rings is 1. The first kappa shape index (κ1) is 19.8. The molecular weight excluding hydrogens is 349 g/mol. The number of carbonyl (C=O) groups is 1. The van der Waals surface area contributed by atoms with Gasteiger partial charge in [0, 0.05) is 51.2 Å². The number of likely N-dealkylation sites (tertiary alicyclic amines) is 1. The second-order valence-corrected chi connectivity index (χ2v) is 7.16. The summed E-state index contributed by atoms with van der Waals surface area (Å²) in [5, 5.41) is 4.31. The van der Waals surface area contributed by atoms with Crippen LogP contribution in [0.5, 0.6) is 0 Å². The molecule has 2 aliphatic heterocycles. The SMILES string of the molecule is CC(C)(C)C(=O)N1CCC2(CC1)C[N-]C2.[Y].[c-]1ccccc1. The first-order valence-electron chi connectivity index (χ1n) is 7.77. The number of hydrogen-bond donors (Lipinski definition) is 0. The minimum Gasteiger partial charge on any atom is -0.661 e. The van der Waals surface area contributed by atoms with Gasteiger partial charge in [-0.25, -0.2) is 0 Å². The van der Waals surface area contributed by atoms with Crippen molar-refractivity contribution in [3.05, 3.63) is 41.7 Å². The number of benzene rings is 1. The Kier molecular flexibility index (Phi) is 7.71. The molecule has 1 aromatic carbocycles. The molecule has 0 unspecified atom stereocenters. The van der Waals surface area contributed by atoms with Crippen molar-refractivity contribution >= 4 is 5.91 Å². The first-order valence-corrected chi connectivity index (χ1v) is 7.77. The second kappa shape index (κ2) is 8.56. The molecule has 1 radical (unpaired) electrons. The largest absolute Gasteiger partial charge is 0.661 e. The molecule has 119 valence electrons. The van der Waals surface area contributed by atoms with Crippen LogP contribution in [0, 0.1) is 16.9 Å². The van der Waals surface area contributed by atoms with Crippen LogP contribution in [-0.2, 0) is 37.5 Å². The molecule has 0 aliphatic carbocycles. The number of nitrogens with zero attached hydrogens (tertiary/aromatic N) is 2. The van der Waals surface area contributed by atoms with Crippen LogP contribution in [-0.4, -0.2) is 37.0 Å². The van der Waals surface area contributed by atoms with Crippen LogP contribution in [0.2, 0.25) is 0 Å². The van der Waals surface area contributed by atoms with Crippen molar-refractivity contribution in [1.82, 2.24) is 4.90 Å². The predicted octanol–water partition coefficient (Wildman–Crippen LogP) is 3.51. The van der Waals surface area contributed by atoms with Crippen molar-refractivity contribution in [3.63, 3.8) is 0 Å². The Morgan fingerprint density at radius 2 is 1.64 bits per heavy atom. The Bertz CT molecular complexity index is 415. The Morgan fingerprint density at radius 3 is 1.91 bits per heavy atom. The van der Waals surface area contributed by atoms with E-state index in [1.165, 1.54) is 0 Å². The Morgan fingerprint density at radius 1 is 1.09 bits per heavy atom. The van der Waals surface area contributed by atoms with Crippen molar-refractivity contribution in [3.8, 4) is 0 Å². The van der Waals surface area contributed by atoms with Gasteiger partial charge in [-0.3, -0.25) is 4.79 Å². The zero-order valence-corrected chi connectivity index (χ0v) is 16.8. The Hall–Kier alpha value is -0.246. The van der Waals surface area contributed by atoms with Gasteiger partial charge in [0.05, 0.1) is 0 Å². The van der Waals surface area contributed by atoms with Gasteiger partial charge in [-0.05, 0) is 12.8 Å². The fourth-order valence-corrected chi connectivity index (χ4v) is 2.74. The molecule has 2 fully saturated rings. The molecule has 0 N–H and O–H groups in total. The summed E-state index contributed by atoms with van der Waals surface area (Å²) in [4.78, 5) is 14.1. The third kappa shape index (κ3) is 5.43. The van der Waals surface area contributed by atoms with Crippen LogP contribution < -0.4 is 0 Å². The van der Waals surface area contributed by atoms with Crippen molar-refractivity contribution < 1.29 is 37.5 Å². The molecule has 1 amide bonds. The quantitative estimate of drug-likeness (QED) is 0.639. The van der Waals surface area contributed by atoms with Crippen LogP contribution in [0.25, 0.3) is 5.32 Å². The minimum absolute atomic E-state index is 0. The van der Waals surface area contributed by atoms with E-state index in [1.807, 2.05) is 56.0 Å². The summed E-state index contributed by atoms with van der Waals surface area (Å²) in [5.41, 5.74) is 0.253. The minimum atomic E-state index is -0.228. The van der Waals surface area contributed by atoms with Gasteiger partial charge in [0.1, 0.15) is 0 Å². The Labute approximate surface area is 160 Å². The first-order chi connectivity index (χ1) is 9.93. The van der Waals surface area contributed by atoms with Gasteiger partial charge in [0.25, 0.3) is 0 Å². The molecule has 3 nitrogen and oxygen atoms in total. The molecule has 0 aromatic heterocycles. The summed E-state index contributed by atoms with van der Waals surface area (Å²) in [6.07, 6.45) is 2.30. The number of carbonyl (C=O) groups excluding carboxylic acids is 1. The van der Waals surface area contributed by atoms with E-state index >= 15 is 0 Å². The van der Waals surface area contributed by atoms with E-state index in [-0.39, 0.29) is 38.1 Å². The van der Waals surface area contributed by atoms with Crippen LogP contribution in [0.3, 0.4) is 0 Å². The fraction of sp³-hybridized carbons (Fsp3) is 0.611. The van der Waals surface area contributed by atoms with E-state index in [0.717, 1.165) is 39.0 Å². The van der Waals surface area contributed by atoms with E-state index in [9.17, 15) is 4.79 Å². The zero-order valence-electron chi connectivity index (χ0n) is 14.0. The third-order valence-electron chi connectivity index (χ3n) is 4.25. The van der Waals surface area contributed by atoms with Gasteiger partial charge in [-0.1, -0.05) is 26.2 Å². The molecule has 0 atom stereocenters. The average Bonchev–Trinajstić information content (AvgIpc) is 2.46. The topological polar surface area (TPSA) is 34.4 Å². The van der Waals surface area contributed by atoms with Gasteiger partial charge in [-0.2, -0.15) is 36.4 Å². The smallest absolute Gasteiger partial charge is 0.227 e. The molecule has 4 heteroatoms. The van der Waals surface area contributed by atoms with Crippen molar-refractivity contribution in [2.24, 2.45) is 10.8 Å². The van der Waals surface area contributed by atoms with Crippen LogP contribution in [0.4, 0.5) is 0 Å². The third-order valence-corrected chi connectivity index (χ3v) is 4.25. The standard InChI is InChI=1S/C12H21N2O.C6H5.Y/c1-11(2,3)10(15)14-6-4-12(5-7-14)8-13-9-12;1-2-4-6-5-3-1;/h4-9H2,1-3H3;1-5H;/q2*-1;. The van der Waals surface area contributed by atoms with E-state index in [4.69, 9.17) is 0 Å². The van der Waals surface area contributed by atoms with Gasteiger partial charge in [0.15, 0.2) is 0 Å². The maximum Gasteiger partial charge on any atom is 0.227 e. The Balaban J connectivity index is 0.000000293. The van der Waals surface area contributed by atoms with Crippen molar-refractivity contribution in [2.45, 2.75) is 33.6 Å². The van der Waals surface area contributed by atoms with Gasteiger partial charge in [0.2, 0.25) is 5.91 Å². The second-order valence-electron chi connectivity index (χ2n) is 7.16. The van der Waals surface area contributed by atoms with Gasteiger partial charge < -0.3 is 10.2 Å². The van der Waals surface area contributed by atoms with Crippen LogP contribution in [0.1, 0.15) is 33.6 Å². The summed E-state index contributed by atoms with van der Waals surface area (Å²) in [6.45, 7) is 9.93. The molecular formula is C18H26N2OY-2. The molecule has 2 saturated heterocycles. The van der Waals surface area contributed by atoms with E-state index < -0.39 is 0 Å². The molecule has 1 aromatic rings. The summed E-state index contributed by atoms with van der Waals surface area (Å²) in [5.74, 6) is 0.300. The van der Waals surface area contributed by atoms with Crippen LogP contribution in [0.15, 0.2) is 30.3 Å². The number of amides is 1.